The van der Waals surface area contributed by atoms with Crippen LogP contribution in [-0.4, -0.2) is 67.8 Å². The van der Waals surface area contributed by atoms with E-state index in [4.69, 9.17) is 0 Å². The van der Waals surface area contributed by atoms with Gasteiger partial charge in [-0.1, -0.05) is 17.8 Å². The number of rotatable bonds is 7. The third kappa shape index (κ3) is 4.82. The molecule has 1 aromatic carbocycles. The minimum atomic E-state index is -3.11. The van der Waals surface area contributed by atoms with Crippen molar-refractivity contribution in [2.45, 2.75) is 24.2 Å². The Morgan fingerprint density at radius 2 is 2.10 bits per heavy atom. The average molecular weight is 466 g/mol. The molecule has 158 valence electrons. The van der Waals surface area contributed by atoms with Crippen LogP contribution in [0.5, 0.6) is 5.75 Å². The molecule has 0 aliphatic carbocycles. The lowest BCUT2D eigenvalue weighted by molar-refractivity contribution is -0.130. The number of aromatic nitrogens is 4. The first-order chi connectivity index (χ1) is 14.4. The Bertz CT molecular complexity index is 1110. The van der Waals surface area contributed by atoms with Crippen LogP contribution in [0.15, 0.2) is 46.9 Å². The highest BCUT2D eigenvalue weighted by atomic mass is 32.2. The van der Waals surface area contributed by atoms with Crippen LogP contribution in [0.1, 0.15) is 11.3 Å². The Balaban J connectivity index is 1.48. The van der Waals surface area contributed by atoms with Crippen molar-refractivity contribution >= 4 is 38.8 Å². The number of benzene rings is 1. The first-order valence-corrected chi connectivity index (χ1v) is 12.8. The molecule has 1 N–H and O–H groups in total. The summed E-state index contributed by atoms with van der Waals surface area (Å²) < 4.78 is 25.4. The van der Waals surface area contributed by atoms with Crippen LogP contribution in [0.25, 0.3) is 5.69 Å². The summed E-state index contributed by atoms with van der Waals surface area (Å²) in [6.07, 6.45) is 0.454. The van der Waals surface area contributed by atoms with Gasteiger partial charge in [-0.15, -0.1) is 16.4 Å². The lowest BCUT2D eigenvalue weighted by Gasteiger charge is -2.27. The van der Waals surface area contributed by atoms with Gasteiger partial charge < -0.3 is 10.0 Å². The monoisotopic (exact) mass is 465 g/mol. The van der Waals surface area contributed by atoms with Gasteiger partial charge in [0.1, 0.15) is 5.75 Å². The fourth-order valence-corrected chi connectivity index (χ4v) is 6.46. The van der Waals surface area contributed by atoms with E-state index in [-0.39, 0.29) is 35.0 Å². The molecule has 3 aromatic rings. The van der Waals surface area contributed by atoms with Gasteiger partial charge >= 0.3 is 0 Å². The standard InChI is InChI=1S/C18H19N5O4S3/c24-15-5-3-13(4-6-15)23-18(19-20-21-23)29-11-17(25)22(10-16-2-1-8-28-16)14-7-9-30(26,27)12-14/h1-6,8,14,24H,7,9-12H2/t14-/m0/s1. The number of phenols is 1. The van der Waals surface area contributed by atoms with E-state index in [0.29, 0.717) is 23.8 Å². The van der Waals surface area contributed by atoms with Gasteiger partial charge in [0.15, 0.2) is 9.84 Å². The van der Waals surface area contributed by atoms with Crippen molar-refractivity contribution in [1.29, 1.82) is 0 Å². The predicted molar refractivity (Wildman–Crippen MR) is 113 cm³/mol. The molecule has 0 radical (unpaired) electrons. The summed E-state index contributed by atoms with van der Waals surface area (Å²) in [7, 11) is -3.11. The third-order valence-electron chi connectivity index (χ3n) is 4.74. The number of tetrazole rings is 1. The van der Waals surface area contributed by atoms with Crippen molar-refractivity contribution in [2.75, 3.05) is 17.3 Å². The Labute approximate surface area is 181 Å². The van der Waals surface area contributed by atoms with Gasteiger partial charge in [0.2, 0.25) is 11.1 Å². The van der Waals surface area contributed by atoms with E-state index in [9.17, 15) is 18.3 Å². The van der Waals surface area contributed by atoms with E-state index in [0.717, 1.165) is 4.88 Å². The molecule has 4 rings (SSSR count). The number of amides is 1. The molecule has 2 aromatic heterocycles. The summed E-state index contributed by atoms with van der Waals surface area (Å²) in [5.74, 6) is 0.168. The molecule has 1 aliphatic rings. The predicted octanol–water partition coefficient (Wildman–Crippen LogP) is 1.74. The molecular weight excluding hydrogens is 446 g/mol. The van der Waals surface area contributed by atoms with Gasteiger partial charge in [0, 0.05) is 10.9 Å². The van der Waals surface area contributed by atoms with Gasteiger partial charge in [0.05, 0.1) is 29.5 Å². The Kier molecular flexibility index (Phi) is 6.06. The highest BCUT2D eigenvalue weighted by Gasteiger charge is 2.35. The normalized spacial score (nSPS) is 17.8. The molecule has 1 aliphatic heterocycles. The molecule has 30 heavy (non-hydrogen) atoms. The van der Waals surface area contributed by atoms with E-state index in [1.807, 2.05) is 17.5 Å². The highest BCUT2D eigenvalue weighted by molar-refractivity contribution is 7.99. The second-order valence-corrected chi connectivity index (χ2v) is 11.0. The van der Waals surface area contributed by atoms with Crippen LogP contribution in [0, 0.1) is 0 Å². The number of hydrogen-bond acceptors (Lipinski definition) is 9. The van der Waals surface area contributed by atoms with E-state index in [1.54, 1.807) is 17.0 Å². The average Bonchev–Trinajstić information content (AvgIpc) is 3.46. The molecule has 1 saturated heterocycles. The van der Waals surface area contributed by atoms with Crippen molar-refractivity contribution in [3.05, 3.63) is 46.7 Å². The van der Waals surface area contributed by atoms with E-state index < -0.39 is 9.84 Å². The first kappa shape index (κ1) is 20.8. The Hall–Kier alpha value is -2.44. The minimum Gasteiger partial charge on any atom is -0.508 e. The molecule has 1 fully saturated rings. The summed E-state index contributed by atoms with van der Waals surface area (Å²) in [4.78, 5) is 15.7. The molecule has 0 spiro atoms. The number of carbonyl (C=O) groups is 1. The smallest absolute Gasteiger partial charge is 0.233 e. The zero-order chi connectivity index (χ0) is 21.1. The summed E-state index contributed by atoms with van der Waals surface area (Å²) in [6, 6.07) is 9.92. The molecule has 0 unspecified atom stereocenters. The lowest BCUT2D eigenvalue weighted by atomic mass is 10.2. The molecule has 12 heteroatoms. The fourth-order valence-electron chi connectivity index (χ4n) is 3.25. The Morgan fingerprint density at radius 1 is 1.30 bits per heavy atom. The van der Waals surface area contributed by atoms with E-state index in [1.165, 1.54) is 39.9 Å². The van der Waals surface area contributed by atoms with E-state index in [2.05, 4.69) is 15.5 Å². The van der Waals surface area contributed by atoms with Crippen LogP contribution in [0.4, 0.5) is 0 Å². The maximum atomic E-state index is 13.1. The molecule has 3 heterocycles. The summed E-state index contributed by atoms with van der Waals surface area (Å²) in [5.41, 5.74) is 0.657. The van der Waals surface area contributed by atoms with Crippen molar-refractivity contribution in [3.63, 3.8) is 0 Å². The second-order valence-electron chi connectivity index (χ2n) is 6.84. The van der Waals surface area contributed by atoms with Crippen LogP contribution in [-0.2, 0) is 21.2 Å². The largest absolute Gasteiger partial charge is 0.508 e. The second kappa shape index (κ2) is 8.74. The molecule has 9 nitrogen and oxygen atoms in total. The molecule has 1 amide bonds. The number of nitrogens with zero attached hydrogens (tertiary/aromatic N) is 5. The van der Waals surface area contributed by atoms with Crippen LogP contribution < -0.4 is 0 Å². The van der Waals surface area contributed by atoms with Gasteiger partial charge in [-0.05, 0) is 52.6 Å². The van der Waals surface area contributed by atoms with E-state index >= 15 is 0 Å². The lowest BCUT2D eigenvalue weighted by Crippen LogP contribution is -2.41. The highest BCUT2D eigenvalue weighted by Crippen LogP contribution is 2.25. The maximum absolute atomic E-state index is 13.1. The zero-order valence-electron chi connectivity index (χ0n) is 15.8. The third-order valence-corrected chi connectivity index (χ3v) is 8.25. The molecule has 0 bridgehead atoms. The van der Waals surface area contributed by atoms with Gasteiger partial charge in [-0.3, -0.25) is 4.79 Å². The number of sulfone groups is 1. The number of aromatic hydroxyl groups is 1. The SMILES string of the molecule is O=C(CSc1nnnn1-c1ccc(O)cc1)N(Cc1cccs1)[C@H]1CCS(=O)(=O)C1. The fraction of sp³-hybridized carbons (Fsp3) is 0.333. The first-order valence-electron chi connectivity index (χ1n) is 9.14. The van der Waals surface area contributed by atoms with Crippen molar-refractivity contribution in [2.24, 2.45) is 0 Å². The van der Waals surface area contributed by atoms with Crippen molar-refractivity contribution in [3.8, 4) is 11.4 Å². The number of thiophene rings is 1. The zero-order valence-corrected chi connectivity index (χ0v) is 18.2. The topological polar surface area (TPSA) is 118 Å². The quantitative estimate of drug-likeness (QED) is 0.524. The molecule has 1 atom stereocenters. The van der Waals surface area contributed by atoms with Gasteiger partial charge in [-0.25, -0.2) is 8.42 Å². The van der Waals surface area contributed by atoms with Gasteiger partial charge in [-0.2, -0.15) is 4.68 Å². The van der Waals surface area contributed by atoms with Crippen molar-refractivity contribution in [1.82, 2.24) is 25.1 Å². The van der Waals surface area contributed by atoms with Gasteiger partial charge in [0.25, 0.3) is 0 Å². The molecular formula is C18H19N5O4S3. The van der Waals surface area contributed by atoms with Crippen molar-refractivity contribution < 1.29 is 18.3 Å². The summed E-state index contributed by atoms with van der Waals surface area (Å²) >= 11 is 2.72. The summed E-state index contributed by atoms with van der Waals surface area (Å²) in [6.45, 7) is 0.389. The van der Waals surface area contributed by atoms with Crippen LogP contribution >= 0.6 is 23.1 Å². The Morgan fingerprint density at radius 3 is 2.77 bits per heavy atom. The van der Waals surface area contributed by atoms with Crippen LogP contribution in [0.2, 0.25) is 0 Å². The number of carbonyl (C=O) groups excluding carboxylic acids is 1. The maximum Gasteiger partial charge on any atom is 0.233 e. The summed E-state index contributed by atoms with van der Waals surface area (Å²) in [5, 5.41) is 23.4. The minimum absolute atomic E-state index is 0.0000282. The number of hydrogen-bond donors (Lipinski definition) is 1. The number of thioether (sulfide) groups is 1. The number of phenolic OH excluding ortho intramolecular Hbond substituents is 1. The van der Waals surface area contributed by atoms with Crippen LogP contribution in [0.3, 0.4) is 0 Å². The molecule has 0 saturated carbocycles.